The third-order valence-corrected chi connectivity index (χ3v) is 5.19. The summed E-state index contributed by atoms with van der Waals surface area (Å²) in [6, 6.07) is 3.36. The van der Waals surface area contributed by atoms with Crippen LogP contribution in [0, 0.1) is 5.92 Å². The minimum atomic E-state index is -3.52. The Balaban J connectivity index is 2.01. The number of anilines is 1. The molecule has 8 heteroatoms. The Bertz CT molecular complexity index is 512. The third-order valence-electron chi connectivity index (χ3n) is 3.21. The number of piperidine rings is 1. The van der Waals surface area contributed by atoms with E-state index >= 15 is 0 Å². The SMILES string of the molecule is NCC1CCN(S(=O)(=O)Nc2ccc(Br)cn2)CC1. The molecule has 106 valence electrons. The summed E-state index contributed by atoms with van der Waals surface area (Å²) in [7, 11) is -3.52. The van der Waals surface area contributed by atoms with Crippen LogP contribution >= 0.6 is 15.9 Å². The highest BCUT2D eigenvalue weighted by molar-refractivity contribution is 9.10. The molecule has 0 aromatic carbocycles. The van der Waals surface area contributed by atoms with Crippen LogP contribution in [0.15, 0.2) is 22.8 Å². The molecule has 0 unspecified atom stereocenters. The van der Waals surface area contributed by atoms with E-state index in [9.17, 15) is 8.42 Å². The van der Waals surface area contributed by atoms with Crippen molar-refractivity contribution in [2.75, 3.05) is 24.4 Å². The molecule has 1 aliphatic rings. The van der Waals surface area contributed by atoms with Crippen LogP contribution in [-0.2, 0) is 10.2 Å². The standard InChI is InChI=1S/C11H17BrN4O2S/c12-10-1-2-11(14-8-10)15-19(17,18)16-5-3-9(7-13)4-6-16/h1-2,8-9H,3-7,13H2,(H,14,15). The molecule has 0 radical (unpaired) electrons. The molecule has 1 aromatic rings. The van der Waals surface area contributed by atoms with E-state index in [0.29, 0.717) is 31.4 Å². The summed E-state index contributed by atoms with van der Waals surface area (Å²) in [5, 5.41) is 0. The van der Waals surface area contributed by atoms with Crippen molar-refractivity contribution in [1.29, 1.82) is 0 Å². The molecule has 1 saturated heterocycles. The average Bonchev–Trinajstić information content (AvgIpc) is 2.41. The molecule has 1 aliphatic heterocycles. The molecule has 0 bridgehead atoms. The van der Waals surface area contributed by atoms with Gasteiger partial charge in [0.05, 0.1) is 0 Å². The molecule has 19 heavy (non-hydrogen) atoms. The predicted octanol–water partition coefficient (Wildman–Crippen LogP) is 1.17. The molecule has 6 nitrogen and oxygen atoms in total. The van der Waals surface area contributed by atoms with Crippen LogP contribution in [0.2, 0.25) is 0 Å². The van der Waals surface area contributed by atoms with Crippen LogP contribution in [0.4, 0.5) is 5.82 Å². The van der Waals surface area contributed by atoms with Gasteiger partial charge < -0.3 is 5.73 Å². The van der Waals surface area contributed by atoms with Crippen molar-refractivity contribution < 1.29 is 8.42 Å². The van der Waals surface area contributed by atoms with Crippen molar-refractivity contribution in [3.63, 3.8) is 0 Å². The Kier molecular flexibility index (Phi) is 4.77. The maximum Gasteiger partial charge on any atom is 0.302 e. The fourth-order valence-electron chi connectivity index (χ4n) is 2.02. The molecule has 0 amide bonds. The predicted molar refractivity (Wildman–Crippen MR) is 77.8 cm³/mol. The van der Waals surface area contributed by atoms with Gasteiger partial charge in [0.25, 0.3) is 0 Å². The molecule has 2 heterocycles. The number of rotatable bonds is 4. The van der Waals surface area contributed by atoms with Crippen LogP contribution in [0.25, 0.3) is 0 Å². The number of nitrogens with one attached hydrogen (secondary N) is 1. The minimum Gasteiger partial charge on any atom is -0.330 e. The number of aromatic nitrogens is 1. The van der Waals surface area contributed by atoms with E-state index in [-0.39, 0.29) is 0 Å². The van der Waals surface area contributed by atoms with E-state index in [0.717, 1.165) is 17.3 Å². The summed E-state index contributed by atoms with van der Waals surface area (Å²) in [6.07, 6.45) is 3.18. The molecular formula is C11H17BrN4O2S. The molecule has 2 rings (SSSR count). The third kappa shape index (κ3) is 3.88. The lowest BCUT2D eigenvalue weighted by Gasteiger charge is -2.30. The first-order valence-corrected chi connectivity index (χ1v) is 8.34. The summed E-state index contributed by atoms with van der Waals surface area (Å²) in [4.78, 5) is 4.01. The van der Waals surface area contributed by atoms with Gasteiger partial charge in [0.2, 0.25) is 0 Å². The van der Waals surface area contributed by atoms with Crippen LogP contribution in [-0.4, -0.2) is 37.3 Å². The summed E-state index contributed by atoms with van der Waals surface area (Å²) >= 11 is 3.25. The second kappa shape index (κ2) is 6.17. The Morgan fingerprint density at radius 1 is 1.42 bits per heavy atom. The lowest BCUT2D eigenvalue weighted by molar-refractivity contribution is 0.280. The van der Waals surface area contributed by atoms with E-state index in [2.05, 4.69) is 25.6 Å². The lowest BCUT2D eigenvalue weighted by atomic mass is 9.99. The second-order valence-corrected chi connectivity index (χ2v) is 7.13. The van der Waals surface area contributed by atoms with Crippen molar-refractivity contribution in [1.82, 2.24) is 9.29 Å². The largest absolute Gasteiger partial charge is 0.330 e. The molecule has 0 spiro atoms. The second-order valence-electron chi connectivity index (χ2n) is 4.55. The Morgan fingerprint density at radius 2 is 2.11 bits per heavy atom. The van der Waals surface area contributed by atoms with Gasteiger partial charge in [0.15, 0.2) is 0 Å². The van der Waals surface area contributed by atoms with Crippen molar-refractivity contribution in [3.05, 3.63) is 22.8 Å². The highest BCUT2D eigenvalue weighted by Gasteiger charge is 2.27. The zero-order valence-electron chi connectivity index (χ0n) is 10.4. The van der Waals surface area contributed by atoms with E-state index in [1.807, 2.05) is 0 Å². The molecule has 0 saturated carbocycles. The van der Waals surface area contributed by atoms with Crippen LogP contribution in [0.3, 0.4) is 0 Å². The van der Waals surface area contributed by atoms with Crippen LogP contribution < -0.4 is 10.5 Å². The number of halogens is 1. The number of hydrogen-bond donors (Lipinski definition) is 2. The molecule has 0 atom stereocenters. The smallest absolute Gasteiger partial charge is 0.302 e. The van der Waals surface area contributed by atoms with Crippen LogP contribution in [0.1, 0.15) is 12.8 Å². The van der Waals surface area contributed by atoms with Crippen molar-refractivity contribution >= 4 is 32.0 Å². The normalized spacial score (nSPS) is 18.4. The highest BCUT2D eigenvalue weighted by Crippen LogP contribution is 2.20. The van der Waals surface area contributed by atoms with Gasteiger partial charge in [-0.2, -0.15) is 12.7 Å². The number of hydrogen-bond acceptors (Lipinski definition) is 4. The first-order chi connectivity index (χ1) is 9.01. The maximum atomic E-state index is 12.2. The molecule has 0 aliphatic carbocycles. The van der Waals surface area contributed by atoms with E-state index in [1.165, 1.54) is 4.31 Å². The Labute approximate surface area is 121 Å². The summed E-state index contributed by atoms with van der Waals surface area (Å²) in [5.41, 5.74) is 5.60. The fourth-order valence-corrected chi connectivity index (χ4v) is 3.46. The first kappa shape index (κ1) is 14.7. The van der Waals surface area contributed by atoms with Gasteiger partial charge in [-0.3, -0.25) is 4.72 Å². The van der Waals surface area contributed by atoms with Gasteiger partial charge in [-0.25, -0.2) is 4.98 Å². The van der Waals surface area contributed by atoms with Crippen LogP contribution in [0.5, 0.6) is 0 Å². The summed E-state index contributed by atoms with van der Waals surface area (Å²) < 4.78 is 29.1. The number of nitrogens with two attached hydrogens (primary N) is 1. The topological polar surface area (TPSA) is 88.3 Å². The monoisotopic (exact) mass is 348 g/mol. The van der Waals surface area contributed by atoms with E-state index in [4.69, 9.17) is 5.73 Å². The summed E-state index contributed by atoms with van der Waals surface area (Å²) in [6.45, 7) is 1.64. The van der Waals surface area contributed by atoms with Crippen molar-refractivity contribution in [2.24, 2.45) is 11.7 Å². The Morgan fingerprint density at radius 3 is 2.63 bits per heavy atom. The zero-order valence-corrected chi connectivity index (χ0v) is 12.8. The van der Waals surface area contributed by atoms with Gasteiger partial charge in [0.1, 0.15) is 5.82 Å². The van der Waals surface area contributed by atoms with Gasteiger partial charge in [-0.15, -0.1) is 0 Å². The number of nitrogens with zero attached hydrogens (tertiary/aromatic N) is 2. The lowest BCUT2D eigenvalue weighted by Crippen LogP contribution is -2.42. The Hall–Kier alpha value is -0.700. The quantitative estimate of drug-likeness (QED) is 0.854. The minimum absolute atomic E-state index is 0.323. The van der Waals surface area contributed by atoms with Gasteiger partial charge in [-0.05, 0) is 53.4 Å². The molecule has 3 N–H and O–H groups in total. The van der Waals surface area contributed by atoms with Gasteiger partial charge in [0, 0.05) is 23.8 Å². The number of pyridine rings is 1. The van der Waals surface area contributed by atoms with E-state index in [1.54, 1.807) is 18.3 Å². The molecular weight excluding hydrogens is 332 g/mol. The molecule has 1 aromatic heterocycles. The van der Waals surface area contributed by atoms with Gasteiger partial charge in [-0.1, -0.05) is 0 Å². The van der Waals surface area contributed by atoms with Crippen molar-refractivity contribution in [2.45, 2.75) is 12.8 Å². The molecule has 1 fully saturated rings. The first-order valence-electron chi connectivity index (χ1n) is 6.11. The fraction of sp³-hybridized carbons (Fsp3) is 0.545. The zero-order chi connectivity index (χ0) is 13.9. The van der Waals surface area contributed by atoms with Gasteiger partial charge >= 0.3 is 10.2 Å². The summed E-state index contributed by atoms with van der Waals surface area (Å²) in [5.74, 6) is 0.751. The highest BCUT2D eigenvalue weighted by atomic mass is 79.9. The maximum absolute atomic E-state index is 12.2. The average molecular weight is 349 g/mol. The van der Waals surface area contributed by atoms with Crippen molar-refractivity contribution in [3.8, 4) is 0 Å². The van der Waals surface area contributed by atoms with E-state index < -0.39 is 10.2 Å².